The number of carbonyl (C=O) groups excluding carboxylic acids is 1. The highest BCUT2D eigenvalue weighted by molar-refractivity contribution is 5.72. The molecule has 0 saturated heterocycles. The third-order valence-electron chi connectivity index (χ3n) is 2.33. The van der Waals surface area contributed by atoms with Gasteiger partial charge < -0.3 is 10.6 Å². The van der Waals surface area contributed by atoms with Crippen LogP contribution in [0.15, 0.2) is 12.4 Å². The number of hydrogen-bond acceptors (Lipinski definition) is 3. The molecule has 1 rings (SSSR count). The molecule has 0 fully saturated rings. The van der Waals surface area contributed by atoms with Crippen LogP contribution in [0.1, 0.15) is 33.3 Å². The molecule has 0 spiro atoms. The van der Waals surface area contributed by atoms with E-state index in [4.69, 9.17) is 0 Å². The van der Waals surface area contributed by atoms with Gasteiger partial charge in [0.25, 0.3) is 0 Å². The number of carbonyl (C=O) groups is 1. The van der Waals surface area contributed by atoms with Gasteiger partial charge in [-0.3, -0.25) is 9.48 Å². The minimum absolute atomic E-state index is 0.00681. The summed E-state index contributed by atoms with van der Waals surface area (Å²) in [5.74, 6) is 0.00681. The maximum Gasteiger partial charge on any atom is 0.216 e. The number of hydrogen-bond donors (Lipinski definition) is 2. The average molecular weight is 238 g/mol. The van der Waals surface area contributed by atoms with Crippen LogP contribution in [0.2, 0.25) is 0 Å². The van der Waals surface area contributed by atoms with E-state index in [2.05, 4.69) is 36.5 Å². The molecule has 5 nitrogen and oxygen atoms in total. The third kappa shape index (κ3) is 4.99. The summed E-state index contributed by atoms with van der Waals surface area (Å²) in [6, 6.07) is 0. The molecule has 2 N–H and O–H groups in total. The summed E-state index contributed by atoms with van der Waals surface area (Å²) < 4.78 is 1.96. The van der Waals surface area contributed by atoms with Gasteiger partial charge in [-0.2, -0.15) is 5.10 Å². The summed E-state index contributed by atoms with van der Waals surface area (Å²) in [6.07, 6.45) is 3.92. The molecule has 1 aromatic heterocycles. The van der Waals surface area contributed by atoms with Gasteiger partial charge in [0.15, 0.2) is 0 Å². The van der Waals surface area contributed by atoms with Crippen LogP contribution in [0.25, 0.3) is 0 Å². The van der Waals surface area contributed by atoms with Gasteiger partial charge in [0, 0.05) is 38.3 Å². The highest BCUT2D eigenvalue weighted by atomic mass is 16.1. The standard InChI is InChI=1S/C12H22N4O/c1-10(17)14-6-5-13-7-11-8-15-16(9-11)12(2,3)4/h8-9,13H,5-7H2,1-4H3,(H,14,17). The Kier molecular flexibility index (Phi) is 4.69. The molecule has 17 heavy (non-hydrogen) atoms. The van der Waals surface area contributed by atoms with Crippen LogP contribution in [-0.4, -0.2) is 28.8 Å². The first-order valence-electron chi connectivity index (χ1n) is 5.89. The number of amides is 1. The number of nitrogens with one attached hydrogen (secondary N) is 2. The zero-order valence-electron chi connectivity index (χ0n) is 11.1. The summed E-state index contributed by atoms with van der Waals surface area (Å²) in [4.78, 5) is 10.6. The van der Waals surface area contributed by atoms with E-state index >= 15 is 0 Å². The first-order chi connectivity index (χ1) is 7.89. The Morgan fingerprint density at radius 3 is 2.65 bits per heavy atom. The van der Waals surface area contributed by atoms with E-state index in [1.54, 1.807) is 0 Å². The molecule has 0 bridgehead atoms. The van der Waals surface area contributed by atoms with Gasteiger partial charge in [0.2, 0.25) is 5.91 Å². The molecule has 0 unspecified atom stereocenters. The predicted molar refractivity (Wildman–Crippen MR) is 67.6 cm³/mol. The molecule has 96 valence electrons. The fourth-order valence-electron chi connectivity index (χ4n) is 1.38. The summed E-state index contributed by atoms with van der Waals surface area (Å²) in [6.45, 7) is 10.1. The minimum Gasteiger partial charge on any atom is -0.355 e. The zero-order chi connectivity index (χ0) is 12.9. The molecule has 0 aliphatic heterocycles. The lowest BCUT2D eigenvalue weighted by atomic mass is 10.1. The van der Waals surface area contributed by atoms with Crippen molar-refractivity contribution in [2.75, 3.05) is 13.1 Å². The maximum atomic E-state index is 10.6. The molecule has 1 amide bonds. The van der Waals surface area contributed by atoms with Crippen molar-refractivity contribution in [3.63, 3.8) is 0 Å². The van der Waals surface area contributed by atoms with Crippen LogP contribution in [0.3, 0.4) is 0 Å². The molecule has 1 aromatic rings. The fraction of sp³-hybridized carbons (Fsp3) is 0.667. The molecule has 0 saturated carbocycles. The second-order valence-corrected chi connectivity index (χ2v) is 5.12. The van der Waals surface area contributed by atoms with Gasteiger partial charge in [-0.25, -0.2) is 0 Å². The fourth-order valence-corrected chi connectivity index (χ4v) is 1.38. The van der Waals surface area contributed by atoms with Crippen LogP contribution in [0, 0.1) is 0 Å². The van der Waals surface area contributed by atoms with Gasteiger partial charge in [0.1, 0.15) is 0 Å². The van der Waals surface area contributed by atoms with E-state index in [0.717, 1.165) is 18.7 Å². The lowest BCUT2D eigenvalue weighted by Gasteiger charge is -2.18. The largest absolute Gasteiger partial charge is 0.355 e. The highest BCUT2D eigenvalue weighted by Crippen LogP contribution is 2.12. The number of aromatic nitrogens is 2. The average Bonchev–Trinajstić information content (AvgIpc) is 2.64. The van der Waals surface area contributed by atoms with Crippen molar-refractivity contribution >= 4 is 5.91 Å². The Morgan fingerprint density at radius 2 is 2.12 bits per heavy atom. The predicted octanol–water partition coefficient (Wildman–Crippen LogP) is 0.864. The second kappa shape index (κ2) is 5.82. The third-order valence-corrected chi connectivity index (χ3v) is 2.33. The lowest BCUT2D eigenvalue weighted by molar-refractivity contribution is -0.118. The van der Waals surface area contributed by atoms with Crippen LogP contribution in [0.4, 0.5) is 0 Å². The van der Waals surface area contributed by atoms with E-state index in [1.807, 2.05) is 17.1 Å². The van der Waals surface area contributed by atoms with E-state index in [1.165, 1.54) is 6.92 Å². The van der Waals surface area contributed by atoms with Gasteiger partial charge in [-0.15, -0.1) is 0 Å². The minimum atomic E-state index is 0.00681. The Labute approximate surface area is 103 Å². The van der Waals surface area contributed by atoms with Crippen molar-refractivity contribution in [1.82, 2.24) is 20.4 Å². The van der Waals surface area contributed by atoms with Crippen LogP contribution < -0.4 is 10.6 Å². The number of rotatable bonds is 5. The van der Waals surface area contributed by atoms with E-state index in [0.29, 0.717) is 6.54 Å². The summed E-state index contributed by atoms with van der Waals surface area (Å²) >= 11 is 0. The van der Waals surface area contributed by atoms with Gasteiger partial charge in [-0.1, -0.05) is 0 Å². The molecular formula is C12H22N4O. The van der Waals surface area contributed by atoms with Crippen LogP contribution >= 0.6 is 0 Å². The molecule has 0 aromatic carbocycles. The Balaban J connectivity index is 2.28. The van der Waals surface area contributed by atoms with Crippen LogP contribution in [-0.2, 0) is 16.9 Å². The van der Waals surface area contributed by atoms with Crippen molar-refractivity contribution in [1.29, 1.82) is 0 Å². The lowest BCUT2D eigenvalue weighted by Crippen LogP contribution is -2.29. The molecule has 5 heteroatoms. The van der Waals surface area contributed by atoms with Gasteiger partial charge in [-0.05, 0) is 20.8 Å². The Bertz CT molecular complexity index is 365. The molecule has 0 aliphatic rings. The van der Waals surface area contributed by atoms with Crippen molar-refractivity contribution < 1.29 is 4.79 Å². The summed E-state index contributed by atoms with van der Waals surface area (Å²) in [5, 5.41) is 10.3. The molecule has 0 aliphatic carbocycles. The normalized spacial score (nSPS) is 11.5. The van der Waals surface area contributed by atoms with E-state index < -0.39 is 0 Å². The number of nitrogens with zero attached hydrogens (tertiary/aromatic N) is 2. The summed E-state index contributed by atoms with van der Waals surface area (Å²) in [7, 11) is 0. The van der Waals surface area contributed by atoms with Crippen molar-refractivity contribution in [2.45, 2.75) is 39.8 Å². The van der Waals surface area contributed by atoms with Gasteiger partial charge in [0.05, 0.1) is 11.7 Å². The van der Waals surface area contributed by atoms with E-state index in [-0.39, 0.29) is 11.4 Å². The topological polar surface area (TPSA) is 59.0 Å². The first-order valence-corrected chi connectivity index (χ1v) is 5.89. The van der Waals surface area contributed by atoms with Crippen molar-refractivity contribution in [2.24, 2.45) is 0 Å². The van der Waals surface area contributed by atoms with Gasteiger partial charge >= 0.3 is 0 Å². The van der Waals surface area contributed by atoms with E-state index in [9.17, 15) is 4.79 Å². The molecule has 0 radical (unpaired) electrons. The van der Waals surface area contributed by atoms with Crippen LogP contribution in [0.5, 0.6) is 0 Å². The summed E-state index contributed by atoms with van der Waals surface area (Å²) in [5.41, 5.74) is 1.18. The molecular weight excluding hydrogens is 216 g/mol. The quantitative estimate of drug-likeness (QED) is 0.748. The SMILES string of the molecule is CC(=O)NCCNCc1cnn(C(C)(C)C)c1. The van der Waals surface area contributed by atoms with Crippen molar-refractivity contribution in [3.8, 4) is 0 Å². The molecule has 1 heterocycles. The second-order valence-electron chi connectivity index (χ2n) is 5.12. The Morgan fingerprint density at radius 1 is 1.41 bits per heavy atom. The highest BCUT2D eigenvalue weighted by Gasteiger charge is 2.13. The van der Waals surface area contributed by atoms with Crippen molar-refractivity contribution in [3.05, 3.63) is 18.0 Å². The first kappa shape index (κ1) is 13.7. The maximum absolute atomic E-state index is 10.6. The Hall–Kier alpha value is -1.36. The monoisotopic (exact) mass is 238 g/mol. The zero-order valence-corrected chi connectivity index (χ0v) is 11.1. The smallest absolute Gasteiger partial charge is 0.216 e. The molecule has 0 atom stereocenters.